The Morgan fingerprint density at radius 3 is 2.46 bits per heavy atom. The van der Waals surface area contributed by atoms with E-state index in [0.29, 0.717) is 5.69 Å². The average Bonchev–Trinajstić information content (AvgIpc) is 3.12. The fraction of sp³-hybridized carbons (Fsp3) is 0.500. The number of amides is 1. The molecule has 0 radical (unpaired) electrons. The van der Waals surface area contributed by atoms with Crippen LogP contribution in [0.2, 0.25) is 0 Å². The molecule has 1 aliphatic heterocycles. The van der Waals surface area contributed by atoms with E-state index in [4.69, 9.17) is 14.2 Å². The minimum Gasteiger partial charge on any atom is -0.493 e. The molecule has 2 N–H and O–H groups in total. The van der Waals surface area contributed by atoms with E-state index in [0.717, 1.165) is 32.4 Å². The molecule has 13 heteroatoms. The monoisotopic (exact) mass is 535 g/mol. The quantitative estimate of drug-likeness (QED) is 0.485. The number of hydrogen-bond donors (Lipinski definition) is 2. The van der Waals surface area contributed by atoms with Crippen LogP contribution < -0.4 is 15.4 Å². The maximum absolute atomic E-state index is 14.6. The Kier molecular flexibility index (Phi) is 8.40. The first kappa shape index (κ1) is 28.7. The van der Waals surface area contributed by atoms with Crippen LogP contribution in [0, 0.1) is 23.4 Å². The summed E-state index contributed by atoms with van der Waals surface area (Å²) in [6, 6.07) is 2.50. The molecule has 1 amide bonds. The van der Waals surface area contributed by atoms with E-state index in [1.807, 2.05) is 0 Å². The number of halogens is 6. The van der Waals surface area contributed by atoms with Gasteiger partial charge >= 0.3 is 6.18 Å². The molecule has 1 saturated heterocycles. The second-order valence-electron chi connectivity index (χ2n) is 8.82. The number of likely N-dealkylation sites (N-methyl/N-ethyl adjacent to an activating group) is 1. The number of rotatable bonds is 8. The van der Waals surface area contributed by atoms with E-state index in [-0.39, 0.29) is 17.9 Å². The molecule has 204 valence electrons. The topological polar surface area (TPSA) is 81.7 Å². The van der Waals surface area contributed by atoms with Crippen LogP contribution in [0.1, 0.15) is 37.1 Å². The Balaban J connectivity index is 2.06. The Hall–Kier alpha value is -2.90. The first-order valence-electron chi connectivity index (χ1n) is 11.2. The van der Waals surface area contributed by atoms with Crippen molar-refractivity contribution in [2.24, 2.45) is 5.92 Å². The maximum Gasteiger partial charge on any atom is 0.417 e. The van der Waals surface area contributed by atoms with Crippen LogP contribution in [-0.4, -0.2) is 56.6 Å². The third-order valence-corrected chi connectivity index (χ3v) is 6.74. The third kappa shape index (κ3) is 5.25. The Morgan fingerprint density at radius 1 is 1.22 bits per heavy atom. The van der Waals surface area contributed by atoms with Gasteiger partial charge in [-0.25, -0.2) is 8.78 Å². The number of carbonyl (C=O) groups is 1. The summed E-state index contributed by atoms with van der Waals surface area (Å²) >= 11 is 0. The highest BCUT2D eigenvalue weighted by Crippen LogP contribution is 2.55. The second kappa shape index (κ2) is 10.8. The molecule has 1 aromatic carbocycles. The summed E-state index contributed by atoms with van der Waals surface area (Å²) in [5.41, 5.74) is -3.11. The molecule has 1 aliphatic rings. The van der Waals surface area contributed by atoms with Gasteiger partial charge in [-0.2, -0.15) is 17.6 Å². The SMILES string of the molecule is CN[C@@H](COC)c1cc(NC(=O)[C@@H]2O[C@@](C)(C(F)(F)F)[C@@H](C)[C@H]2c2ccc(F)c(F)c2OC)c(F)cn1. The van der Waals surface area contributed by atoms with Gasteiger partial charge in [0.1, 0.15) is 6.10 Å². The van der Waals surface area contributed by atoms with Gasteiger partial charge in [-0.3, -0.25) is 9.78 Å². The molecule has 37 heavy (non-hydrogen) atoms. The van der Waals surface area contributed by atoms with Crippen LogP contribution in [0.25, 0.3) is 0 Å². The van der Waals surface area contributed by atoms with E-state index >= 15 is 0 Å². The highest BCUT2D eigenvalue weighted by molar-refractivity contribution is 5.95. The van der Waals surface area contributed by atoms with Gasteiger partial charge in [0.05, 0.1) is 37.3 Å². The lowest BCUT2D eigenvalue weighted by Gasteiger charge is -2.32. The van der Waals surface area contributed by atoms with Gasteiger partial charge < -0.3 is 24.8 Å². The van der Waals surface area contributed by atoms with Crippen molar-refractivity contribution in [1.29, 1.82) is 0 Å². The number of hydrogen-bond acceptors (Lipinski definition) is 6. The number of nitrogens with one attached hydrogen (secondary N) is 2. The van der Waals surface area contributed by atoms with Gasteiger partial charge in [0.2, 0.25) is 5.82 Å². The van der Waals surface area contributed by atoms with Gasteiger partial charge in [0.25, 0.3) is 5.91 Å². The number of aromatic nitrogens is 1. The molecule has 0 unspecified atom stereocenters. The molecule has 2 heterocycles. The third-order valence-electron chi connectivity index (χ3n) is 6.74. The molecule has 2 aromatic rings. The summed E-state index contributed by atoms with van der Waals surface area (Å²) in [5.74, 6) is -8.31. The van der Waals surface area contributed by atoms with E-state index < -0.39 is 64.9 Å². The zero-order chi connectivity index (χ0) is 27.7. The lowest BCUT2D eigenvalue weighted by molar-refractivity contribution is -0.272. The smallest absolute Gasteiger partial charge is 0.417 e. The highest BCUT2D eigenvalue weighted by atomic mass is 19.4. The van der Waals surface area contributed by atoms with Crippen LogP contribution in [0.3, 0.4) is 0 Å². The van der Waals surface area contributed by atoms with Crippen molar-refractivity contribution >= 4 is 11.6 Å². The molecular formula is C24H27F6N3O4. The number of benzene rings is 1. The molecule has 1 aromatic heterocycles. The predicted octanol–water partition coefficient (Wildman–Crippen LogP) is 4.49. The van der Waals surface area contributed by atoms with Crippen molar-refractivity contribution < 1.29 is 45.3 Å². The number of nitrogens with zero attached hydrogens (tertiary/aromatic N) is 1. The Labute approximate surface area is 209 Å². The molecule has 0 spiro atoms. The summed E-state index contributed by atoms with van der Waals surface area (Å²) in [5, 5.41) is 5.17. The molecule has 0 saturated carbocycles. The zero-order valence-corrected chi connectivity index (χ0v) is 20.7. The van der Waals surface area contributed by atoms with E-state index in [1.165, 1.54) is 20.1 Å². The Bertz CT molecular complexity index is 1150. The summed E-state index contributed by atoms with van der Waals surface area (Å²) in [6.45, 7) is 2.10. The van der Waals surface area contributed by atoms with E-state index in [1.54, 1.807) is 7.05 Å². The molecule has 7 nitrogen and oxygen atoms in total. The minimum absolute atomic E-state index is 0.160. The summed E-state index contributed by atoms with van der Waals surface area (Å²) in [7, 11) is 4.07. The fourth-order valence-electron chi connectivity index (χ4n) is 4.47. The highest BCUT2D eigenvalue weighted by Gasteiger charge is 2.66. The summed E-state index contributed by atoms with van der Waals surface area (Å²) in [4.78, 5) is 17.3. The number of pyridine rings is 1. The zero-order valence-electron chi connectivity index (χ0n) is 20.7. The molecule has 3 rings (SSSR count). The van der Waals surface area contributed by atoms with Crippen molar-refractivity contribution in [3.63, 3.8) is 0 Å². The molecule has 0 aliphatic carbocycles. The van der Waals surface area contributed by atoms with Crippen molar-refractivity contribution in [3.05, 3.63) is 53.1 Å². The lowest BCUT2D eigenvalue weighted by Crippen LogP contribution is -2.47. The largest absolute Gasteiger partial charge is 0.493 e. The lowest BCUT2D eigenvalue weighted by atomic mass is 9.77. The fourth-order valence-corrected chi connectivity index (χ4v) is 4.47. The van der Waals surface area contributed by atoms with Crippen LogP contribution in [0.15, 0.2) is 24.4 Å². The van der Waals surface area contributed by atoms with Gasteiger partial charge in [-0.1, -0.05) is 13.0 Å². The van der Waals surface area contributed by atoms with E-state index in [9.17, 15) is 31.1 Å². The number of ether oxygens (including phenoxy) is 3. The number of carbonyl (C=O) groups excluding carboxylic acids is 1. The Morgan fingerprint density at radius 2 is 1.89 bits per heavy atom. The second-order valence-corrected chi connectivity index (χ2v) is 8.82. The van der Waals surface area contributed by atoms with Gasteiger partial charge in [0.15, 0.2) is 23.0 Å². The number of anilines is 1. The van der Waals surface area contributed by atoms with Crippen molar-refractivity contribution in [2.45, 2.75) is 43.7 Å². The minimum atomic E-state index is -4.93. The standard InChI is InChI=1S/C24H27F6N3O4/c1-11-18(12-6-7-13(25)19(27)20(12)36-5)21(37-23(11,2)24(28,29)30)22(34)33-15-8-16(32-9-14(15)26)17(31-3)10-35-4/h6-9,11,17-18,21,31H,10H2,1-5H3,(H,32,33,34)/t11-,17-,18-,21+,23+/m0/s1. The van der Waals surface area contributed by atoms with Crippen molar-refractivity contribution in [1.82, 2.24) is 10.3 Å². The van der Waals surface area contributed by atoms with Gasteiger partial charge in [0, 0.05) is 24.5 Å². The first-order chi connectivity index (χ1) is 17.3. The van der Waals surface area contributed by atoms with Gasteiger partial charge in [-0.05, 0) is 26.1 Å². The van der Waals surface area contributed by atoms with Crippen LogP contribution in [0.4, 0.5) is 32.0 Å². The van der Waals surface area contributed by atoms with Crippen LogP contribution >= 0.6 is 0 Å². The number of alkyl halides is 3. The number of methoxy groups -OCH3 is 2. The average molecular weight is 535 g/mol. The molecular weight excluding hydrogens is 508 g/mol. The van der Waals surface area contributed by atoms with Crippen molar-refractivity contribution in [3.8, 4) is 5.75 Å². The first-order valence-corrected chi connectivity index (χ1v) is 11.2. The van der Waals surface area contributed by atoms with Crippen LogP contribution in [0.5, 0.6) is 5.75 Å². The maximum atomic E-state index is 14.6. The predicted molar refractivity (Wildman–Crippen MR) is 121 cm³/mol. The molecule has 0 bridgehead atoms. The summed E-state index contributed by atoms with van der Waals surface area (Å²) in [6.07, 6.45) is -5.95. The van der Waals surface area contributed by atoms with Crippen LogP contribution in [-0.2, 0) is 14.3 Å². The normalized spacial score (nSPS) is 24.7. The van der Waals surface area contributed by atoms with Gasteiger partial charge in [-0.15, -0.1) is 0 Å². The van der Waals surface area contributed by atoms with E-state index in [2.05, 4.69) is 15.6 Å². The summed E-state index contributed by atoms with van der Waals surface area (Å²) < 4.78 is 100. The molecule has 1 fully saturated rings. The van der Waals surface area contributed by atoms with Crippen molar-refractivity contribution in [2.75, 3.05) is 33.2 Å². The molecule has 5 atom stereocenters.